The van der Waals surface area contributed by atoms with Crippen molar-refractivity contribution in [1.29, 1.82) is 0 Å². The molecule has 2 rings (SSSR count). The van der Waals surface area contributed by atoms with E-state index in [1.807, 2.05) is 12.1 Å². The summed E-state index contributed by atoms with van der Waals surface area (Å²) < 4.78 is 11.8. The monoisotopic (exact) mass is 362 g/mol. The lowest BCUT2D eigenvalue weighted by Gasteiger charge is -2.20. The van der Waals surface area contributed by atoms with Crippen LogP contribution in [0.1, 0.15) is 38.2 Å². The molecule has 0 atom stereocenters. The van der Waals surface area contributed by atoms with Gasteiger partial charge in [-0.05, 0) is 45.3 Å². The van der Waals surface area contributed by atoms with Crippen molar-refractivity contribution in [2.24, 2.45) is 4.99 Å². The van der Waals surface area contributed by atoms with Crippen LogP contribution < -0.4 is 20.1 Å². The summed E-state index contributed by atoms with van der Waals surface area (Å²) in [6.07, 6.45) is 5.04. The fourth-order valence-electron chi connectivity index (χ4n) is 3.09. The highest BCUT2D eigenvalue weighted by Gasteiger charge is 2.20. The Hall–Kier alpha value is -1.95. The maximum Gasteiger partial charge on any atom is 0.191 e. The van der Waals surface area contributed by atoms with E-state index in [2.05, 4.69) is 40.6 Å². The minimum Gasteiger partial charge on any atom is -0.493 e. The molecule has 1 aromatic rings. The van der Waals surface area contributed by atoms with Gasteiger partial charge in [-0.1, -0.05) is 19.1 Å². The number of hydrogen-bond donors (Lipinski definition) is 2. The minimum absolute atomic E-state index is 0.298. The second kappa shape index (κ2) is 10.9. The second-order valence-electron chi connectivity index (χ2n) is 6.72. The van der Waals surface area contributed by atoms with Gasteiger partial charge in [0.2, 0.25) is 0 Å². The van der Waals surface area contributed by atoms with Crippen LogP contribution in [0.2, 0.25) is 0 Å². The highest BCUT2D eigenvalue weighted by atomic mass is 16.5. The predicted molar refractivity (Wildman–Crippen MR) is 107 cm³/mol. The second-order valence-corrected chi connectivity index (χ2v) is 6.72. The fraction of sp³-hybridized carbons (Fsp3) is 0.650. The van der Waals surface area contributed by atoms with E-state index in [9.17, 15) is 0 Å². The first-order chi connectivity index (χ1) is 12.7. The van der Waals surface area contributed by atoms with Crippen molar-refractivity contribution in [2.75, 3.05) is 40.8 Å². The number of methoxy groups -OCH3 is 1. The number of benzene rings is 1. The molecule has 0 unspecified atom stereocenters. The van der Waals surface area contributed by atoms with Gasteiger partial charge in [0.05, 0.1) is 13.2 Å². The Morgan fingerprint density at radius 1 is 1.27 bits per heavy atom. The van der Waals surface area contributed by atoms with E-state index in [0.29, 0.717) is 12.6 Å². The Kier molecular flexibility index (Phi) is 8.54. The average Bonchev–Trinajstić information content (AvgIpc) is 3.18. The van der Waals surface area contributed by atoms with E-state index in [1.54, 1.807) is 14.2 Å². The van der Waals surface area contributed by atoms with Gasteiger partial charge < -0.3 is 25.0 Å². The molecule has 0 aliphatic heterocycles. The molecule has 0 amide bonds. The number of nitrogens with one attached hydrogen (secondary N) is 2. The van der Waals surface area contributed by atoms with Crippen molar-refractivity contribution in [2.45, 2.75) is 45.3 Å². The summed E-state index contributed by atoms with van der Waals surface area (Å²) in [6, 6.07) is 6.04. The van der Waals surface area contributed by atoms with Crippen LogP contribution in [0.25, 0.3) is 0 Å². The zero-order chi connectivity index (χ0) is 18.8. The molecule has 0 aromatic heterocycles. The first-order valence-corrected chi connectivity index (χ1v) is 9.63. The zero-order valence-corrected chi connectivity index (χ0v) is 16.7. The number of rotatable bonds is 9. The lowest BCUT2D eigenvalue weighted by molar-refractivity contribution is 0.198. The number of para-hydroxylation sites is 1. The minimum atomic E-state index is 0.298. The molecule has 0 bridgehead atoms. The lowest BCUT2D eigenvalue weighted by atomic mass is 10.1. The van der Waals surface area contributed by atoms with Crippen molar-refractivity contribution >= 4 is 5.96 Å². The topological polar surface area (TPSA) is 58.1 Å². The Morgan fingerprint density at radius 2 is 2.04 bits per heavy atom. The first-order valence-electron chi connectivity index (χ1n) is 9.63. The van der Waals surface area contributed by atoms with Crippen molar-refractivity contribution in [3.8, 4) is 11.5 Å². The fourth-order valence-corrected chi connectivity index (χ4v) is 3.09. The Labute approximate surface area is 158 Å². The normalized spacial score (nSPS) is 15.3. The number of hydrogen-bond acceptors (Lipinski definition) is 4. The maximum atomic E-state index is 6.29. The third-order valence-corrected chi connectivity index (χ3v) is 4.86. The summed E-state index contributed by atoms with van der Waals surface area (Å²) in [5, 5.41) is 6.73. The van der Waals surface area contributed by atoms with Crippen molar-refractivity contribution in [3.05, 3.63) is 23.8 Å². The third kappa shape index (κ3) is 6.09. The lowest BCUT2D eigenvalue weighted by Crippen LogP contribution is -2.40. The number of likely N-dealkylation sites (N-methyl/N-ethyl adjacent to an activating group) is 1. The summed E-state index contributed by atoms with van der Waals surface area (Å²) in [7, 11) is 5.60. The van der Waals surface area contributed by atoms with Crippen LogP contribution in [0.15, 0.2) is 23.2 Å². The largest absolute Gasteiger partial charge is 0.493 e. The maximum absolute atomic E-state index is 6.29. The van der Waals surface area contributed by atoms with E-state index in [4.69, 9.17) is 9.47 Å². The molecule has 1 saturated carbocycles. The molecule has 0 radical (unpaired) electrons. The van der Waals surface area contributed by atoms with Crippen LogP contribution >= 0.6 is 0 Å². The molecule has 6 nitrogen and oxygen atoms in total. The molecule has 6 heteroatoms. The number of aliphatic imine (C=N–C) groups is 1. The molecular weight excluding hydrogens is 328 g/mol. The highest BCUT2D eigenvalue weighted by Crippen LogP contribution is 2.34. The first kappa shape index (κ1) is 20.4. The Bertz CT molecular complexity index is 571. The van der Waals surface area contributed by atoms with Gasteiger partial charge in [-0.2, -0.15) is 0 Å². The van der Waals surface area contributed by atoms with Crippen molar-refractivity contribution in [3.63, 3.8) is 0 Å². The van der Waals surface area contributed by atoms with E-state index in [-0.39, 0.29) is 0 Å². The van der Waals surface area contributed by atoms with Gasteiger partial charge in [-0.15, -0.1) is 0 Å². The van der Waals surface area contributed by atoms with Crippen molar-refractivity contribution in [1.82, 2.24) is 15.5 Å². The van der Waals surface area contributed by atoms with E-state index in [1.165, 1.54) is 12.8 Å². The summed E-state index contributed by atoms with van der Waals surface area (Å²) in [6.45, 7) is 5.67. The summed E-state index contributed by atoms with van der Waals surface area (Å²) >= 11 is 0. The standard InChI is InChI=1S/C20H34N4O2/c1-5-24(3)14-13-22-20(21-2)23-15-16-9-8-12-18(25-4)19(16)26-17-10-6-7-11-17/h8-9,12,17H,5-7,10-11,13-15H2,1-4H3,(H2,21,22,23). The smallest absolute Gasteiger partial charge is 0.191 e. The average molecular weight is 363 g/mol. The number of ether oxygens (including phenoxy) is 2. The molecule has 1 aromatic carbocycles. The van der Waals surface area contributed by atoms with E-state index in [0.717, 1.165) is 55.5 Å². The van der Waals surface area contributed by atoms with Gasteiger partial charge in [-0.3, -0.25) is 4.99 Å². The van der Waals surface area contributed by atoms with Gasteiger partial charge in [0.25, 0.3) is 0 Å². The molecule has 0 saturated heterocycles. The SMILES string of the molecule is CCN(C)CCNC(=NC)NCc1cccc(OC)c1OC1CCCC1. The number of guanidine groups is 1. The Balaban J connectivity index is 1.96. The molecule has 146 valence electrons. The Morgan fingerprint density at radius 3 is 2.69 bits per heavy atom. The summed E-state index contributed by atoms with van der Waals surface area (Å²) in [5.41, 5.74) is 1.09. The zero-order valence-electron chi connectivity index (χ0n) is 16.7. The van der Waals surface area contributed by atoms with Gasteiger partial charge in [0.15, 0.2) is 17.5 Å². The van der Waals surface area contributed by atoms with Crippen LogP contribution in [0.5, 0.6) is 11.5 Å². The molecule has 1 aliphatic rings. The van der Waals surface area contributed by atoms with E-state index < -0.39 is 0 Å². The quantitative estimate of drug-likeness (QED) is 0.522. The molecule has 1 fully saturated rings. The molecular formula is C20H34N4O2. The predicted octanol–water partition coefficient (Wildman–Crippen LogP) is 2.63. The van der Waals surface area contributed by atoms with Crippen LogP contribution in [-0.4, -0.2) is 57.8 Å². The van der Waals surface area contributed by atoms with Crippen molar-refractivity contribution < 1.29 is 9.47 Å². The molecule has 0 spiro atoms. The molecule has 1 aliphatic carbocycles. The van der Waals surface area contributed by atoms with E-state index >= 15 is 0 Å². The molecule has 0 heterocycles. The third-order valence-electron chi connectivity index (χ3n) is 4.86. The van der Waals surface area contributed by atoms with Gasteiger partial charge in [-0.25, -0.2) is 0 Å². The van der Waals surface area contributed by atoms with Crippen LogP contribution in [0, 0.1) is 0 Å². The van der Waals surface area contributed by atoms with Crippen LogP contribution in [0.4, 0.5) is 0 Å². The van der Waals surface area contributed by atoms with Crippen LogP contribution in [0.3, 0.4) is 0 Å². The van der Waals surface area contributed by atoms with Gasteiger partial charge >= 0.3 is 0 Å². The number of nitrogens with zero attached hydrogens (tertiary/aromatic N) is 2. The van der Waals surface area contributed by atoms with Crippen LogP contribution in [-0.2, 0) is 6.54 Å². The molecule has 26 heavy (non-hydrogen) atoms. The van der Waals surface area contributed by atoms with Gasteiger partial charge in [0, 0.05) is 32.2 Å². The summed E-state index contributed by atoms with van der Waals surface area (Å²) in [4.78, 5) is 6.56. The summed E-state index contributed by atoms with van der Waals surface area (Å²) in [5.74, 6) is 2.45. The highest BCUT2D eigenvalue weighted by molar-refractivity contribution is 5.79. The molecule has 2 N–H and O–H groups in total. The van der Waals surface area contributed by atoms with Gasteiger partial charge in [0.1, 0.15) is 0 Å².